The third-order valence-corrected chi connectivity index (χ3v) is 9.03. The summed E-state index contributed by atoms with van der Waals surface area (Å²) in [5.74, 6) is -1.96. The first-order valence-corrected chi connectivity index (χ1v) is 15.5. The number of aryl methyl sites for hydroxylation is 1. The third-order valence-electron chi connectivity index (χ3n) is 8.20. The van der Waals surface area contributed by atoms with Crippen molar-refractivity contribution in [2.24, 2.45) is 7.05 Å². The summed E-state index contributed by atoms with van der Waals surface area (Å²) in [5, 5.41) is 4.47. The van der Waals surface area contributed by atoms with Gasteiger partial charge < -0.3 is 14.8 Å². The predicted molar refractivity (Wildman–Crippen MR) is 159 cm³/mol. The van der Waals surface area contributed by atoms with Gasteiger partial charge in [-0.05, 0) is 52.6 Å². The molecule has 212 valence electrons. The van der Waals surface area contributed by atoms with Crippen molar-refractivity contribution in [1.82, 2.24) is 14.9 Å². The average molecular weight is 585 g/mol. The molecule has 1 aliphatic carbocycles. The van der Waals surface area contributed by atoms with Gasteiger partial charge in [0, 0.05) is 61.4 Å². The van der Waals surface area contributed by atoms with Gasteiger partial charge in [-0.2, -0.15) is 0 Å². The number of fused-ring (bicyclic) bond motifs is 3. The van der Waals surface area contributed by atoms with Crippen LogP contribution in [0.25, 0.3) is 22.2 Å². The fourth-order valence-electron chi connectivity index (χ4n) is 6.48. The highest BCUT2D eigenvalue weighted by Crippen LogP contribution is 2.49. The Kier molecular flexibility index (Phi) is 5.95. The van der Waals surface area contributed by atoms with E-state index in [4.69, 9.17) is 0 Å². The molecule has 0 saturated heterocycles. The van der Waals surface area contributed by atoms with Crippen LogP contribution in [0.1, 0.15) is 22.6 Å². The summed E-state index contributed by atoms with van der Waals surface area (Å²) in [6, 6.07) is 14.5. The number of allylic oxidation sites excluding steroid dienone is 1. The first-order chi connectivity index (χ1) is 20.1. The molecule has 4 aromatic rings. The Labute approximate surface area is 241 Å². The maximum absolute atomic E-state index is 15.4. The SMILES string of the molecule is Cn1ccc2c(c1=O)C1=C3C(=CN(c4ccc(F)cc4F)C3C(c3cccc4cccnc34)CN1)C=C2CS(C)(=O)=O. The molecule has 4 heterocycles. The summed E-state index contributed by atoms with van der Waals surface area (Å²) in [5.41, 5.74) is 5.00. The number of hydrogen-bond donors (Lipinski definition) is 1. The van der Waals surface area contributed by atoms with Crippen molar-refractivity contribution in [2.45, 2.75) is 12.0 Å². The second kappa shape index (κ2) is 9.49. The monoisotopic (exact) mass is 584 g/mol. The van der Waals surface area contributed by atoms with Crippen molar-refractivity contribution in [1.29, 1.82) is 0 Å². The van der Waals surface area contributed by atoms with Gasteiger partial charge in [-0.3, -0.25) is 9.78 Å². The molecule has 2 aromatic carbocycles. The summed E-state index contributed by atoms with van der Waals surface area (Å²) in [6.45, 7) is 0.387. The number of aromatic nitrogens is 2. The standard InChI is InChI=1S/C32H26F2N4O3S/c1-37-12-10-22-20(17-42(2,40)41)13-19-16-38(26-9-8-21(33)14-25(26)34)31-24(15-36-30(27(19)31)28(22)32(37)39)23-7-3-5-18-6-4-11-35-29(18)23/h3-14,16,24,31,36H,15,17H2,1-2H3. The van der Waals surface area contributed by atoms with Crippen LogP contribution in [0, 0.1) is 11.6 Å². The lowest BCUT2D eigenvalue weighted by Gasteiger charge is -2.39. The van der Waals surface area contributed by atoms with E-state index in [0.717, 1.165) is 34.4 Å². The van der Waals surface area contributed by atoms with Gasteiger partial charge in [-0.1, -0.05) is 24.3 Å². The van der Waals surface area contributed by atoms with E-state index >= 15 is 4.39 Å². The molecular weight excluding hydrogens is 558 g/mol. The lowest BCUT2D eigenvalue weighted by Crippen LogP contribution is -2.44. The minimum absolute atomic E-state index is 0.174. The van der Waals surface area contributed by atoms with E-state index in [1.165, 1.54) is 16.7 Å². The fraction of sp³-hybridized carbons (Fsp3) is 0.188. The number of nitrogens with zero attached hydrogens (tertiary/aromatic N) is 3. The van der Waals surface area contributed by atoms with Crippen LogP contribution in [0.3, 0.4) is 0 Å². The van der Waals surface area contributed by atoms with Crippen LogP contribution in [0.15, 0.2) is 95.2 Å². The number of halogens is 2. The van der Waals surface area contributed by atoms with Crippen molar-refractivity contribution < 1.29 is 17.2 Å². The number of nitrogens with one attached hydrogen (secondary N) is 1. The molecule has 2 aromatic heterocycles. The molecule has 0 radical (unpaired) electrons. The highest BCUT2D eigenvalue weighted by Gasteiger charge is 2.45. The topological polar surface area (TPSA) is 84.3 Å². The Bertz CT molecular complexity index is 2080. The summed E-state index contributed by atoms with van der Waals surface area (Å²) in [4.78, 5) is 20.1. The molecule has 10 heteroatoms. The molecule has 7 nitrogen and oxygen atoms in total. The number of pyridine rings is 2. The number of para-hydroxylation sites is 1. The number of sulfone groups is 1. The van der Waals surface area contributed by atoms with E-state index < -0.39 is 27.5 Å². The Morgan fingerprint density at radius 1 is 1.10 bits per heavy atom. The Morgan fingerprint density at radius 2 is 1.90 bits per heavy atom. The fourth-order valence-corrected chi connectivity index (χ4v) is 7.28. The Morgan fingerprint density at radius 3 is 2.69 bits per heavy atom. The molecule has 7 rings (SSSR count). The van der Waals surface area contributed by atoms with Crippen LogP contribution < -0.4 is 15.8 Å². The van der Waals surface area contributed by atoms with Crippen molar-refractivity contribution in [3.05, 3.63) is 129 Å². The second-order valence-electron chi connectivity index (χ2n) is 11.0. The van der Waals surface area contributed by atoms with E-state index in [1.54, 1.807) is 42.7 Å². The van der Waals surface area contributed by atoms with E-state index in [-0.39, 0.29) is 22.9 Å². The number of benzene rings is 2. The van der Waals surface area contributed by atoms with Crippen LogP contribution >= 0.6 is 0 Å². The molecule has 3 aliphatic rings. The summed E-state index contributed by atoms with van der Waals surface area (Å²) in [7, 11) is -1.83. The smallest absolute Gasteiger partial charge is 0.260 e. The van der Waals surface area contributed by atoms with Gasteiger partial charge >= 0.3 is 0 Å². The van der Waals surface area contributed by atoms with Gasteiger partial charge in [0.1, 0.15) is 11.6 Å². The van der Waals surface area contributed by atoms with E-state index in [2.05, 4.69) is 10.3 Å². The molecule has 0 fully saturated rings. The van der Waals surface area contributed by atoms with Crippen LogP contribution in [0.4, 0.5) is 14.5 Å². The first-order valence-electron chi connectivity index (χ1n) is 13.5. The summed E-state index contributed by atoms with van der Waals surface area (Å²) < 4.78 is 56.0. The minimum atomic E-state index is -3.48. The number of anilines is 1. The number of rotatable bonds is 4. The first kappa shape index (κ1) is 26.3. The normalized spacial score (nSPS) is 19.6. The highest BCUT2D eigenvalue weighted by atomic mass is 32.2. The van der Waals surface area contributed by atoms with Crippen LogP contribution in [-0.4, -0.2) is 42.6 Å². The zero-order chi connectivity index (χ0) is 29.3. The maximum Gasteiger partial charge on any atom is 0.260 e. The lowest BCUT2D eigenvalue weighted by atomic mass is 9.80. The molecule has 1 N–H and O–H groups in total. The zero-order valence-corrected chi connectivity index (χ0v) is 23.6. The van der Waals surface area contributed by atoms with Crippen molar-refractivity contribution in [3.63, 3.8) is 0 Å². The lowest BCUT2D eigenvalue weighted by molar-refractivity contribution is 0.537. The molecule has 2 unspecified atom stereocenters. The second-order valence-corrected chi connectivity index (χ2v) is 13.1. The Balaban J connectivity index is 1.53. The minimum Gasteiger partial charge on any atom is -0.383 e. The Hall–Kier alpha value is -4.57. The largest absolute Gasteiger partial charge is 0.383 e. The highest BCUT2D eigenvalue weighted by molar-refractivity contribution is 7.91. The molecule has 2 atom stereocenters. The van der Waals surface area contributed by atoms with Gasteiger partial charge in [0.25, 0.3) is 5.56 Å². The van der Waals surface area contributed by atoms with Crippen LogP contribution in [-0.2, 0) is 16.9 Å². The van der Waals surface area contributed by atoms with Crippen LogP contribution in [0.2, 0.25) is 0 Å². The molecule has 42 heavy (non-hydrogen) atoms. The molecule has 0 bridgehead atoms. The number of hydrogen-bond acceptors (Lipinski definition) is 6. The summed E-state index contributed by atoms with van der Waals surface area (Å²) >= 11 is 0. The summed E-state index contributed by atoms with van der Waals surface area (Å²) in [6.07, 6.45) is 8.06. The van der Waals surface area contributed by atoms with E-state index in [9.17, 15) is 17.6 Å². The molecular formula is C32H26F2N4O3S. The van der Waals surface area contributed by atoms with Gasteiger partial charge in [-0.25, -0.2) is 17.2 Å². The zero-order valence-electron chi connectivity index (χ0n) is 22.8. The molecule has 0 amide bonds. The van der Waals surface area contributed by atoms with Gasteiger partial charge in [0.05, 0.1) is 34.3 Å². The molecule has 2 aliphatic heterocycles. The molecule has 0 saturated carbocycles. The van der Waals surface area contributed by atoms with Gasteiger partial charge in [-0.15, -0.1) is 0 Å². The van der Waals surface area contributed by atoms with Gasteiger partial charge in [0.2, 0.25) is 0 Å². The average Bonchev–Trinajstić information content (AvgIpc) is 3.25. The van der Waals surface area contributed by atoms with Crippen molar-refractivity contribution in [2.75, 3.05) is 23.5 Å². The van der Waals surface area contributed by atoms with E-state index in [1.807, 2.05) is 30.3 Å². The van der Waals surface area contributed by atoms with E-state index in [0.29, 0.717) is 34.5 Å². The quantitative estimate of drug-likeness (QED) is 0.380. The third kappa shape index (κ3) is 4.16. The van der Waals surface area contributed by atoms with Gasteiger partial charge in [0.15, 0.2) is 9.84 Å². The van der Waals surface area contributed by atoms with Crippen molar-refractivity contribution in [3.8, 4) is 0 Å². The predicted octanol–water partition coefficient (Wildman–Crippen LogP) is 4.52. The maximum atomic E-state index is 15.4. The molecule has 0 spiro atoms. The van der Waals surface area contributed by atoms with Crippen LogP contribution in [0.5, 0.6) is 0 Å². The van der Waals surface area contributed by atoms with Crippen molar-refractivity contribution >= 4 is 37.7 Å².